The van der Waals surface area contributed by atoms with Crippen LogP contribution in [0.2, 0.25) is 0 Å². The van der Waals surface area contributed by atoms with Gasteiger partial charge in [-0.25, -0.2) is 5.48 Å². The molecule has 1 fully saturated rings. The van der Waals surface area contributed by atoms with Gasteiger partial charge in [-0.15, -0.1) is 0 Å². The minimum absolute atomic E-state index is 0.453. The largest absolute Gasteiger partial charge is 0.317 e. The van der Waals surface area contributed by atoms with Gasteiger partial charge in [0.2, 0.25) is 0 Å². The summed E-state index contributed by atoms with van der Waals surface area (Å²) < 4.78 is 0. The van der Waals surface area contributed by atoms with Crippen molar-refractivity contribution < 1.29 is 5.21 Å². The van der Waals surface area contributed by atoms with E-state index in [1.165, 1.54) is 25.7 Å². The zero-order chi connectivity index (χ0) is 6.74. The highest BCUT2D eigenvalue weighted by Crippen LogP contribution is 2.42. The van der Waals surface area contributed by atoms with Gasteiger partial charge in [-0.2, -0.15) is 0 Å². The lowest BCUT2D eigenvalue weighted by atomic mass is 9.67. The fraction of sp³-hybridized carbons (Fsp3) is 1.00. The Morgan fingerprint density at radius 2 is 2.22 bits per heavy atom. The molecule has 0 bridgehead atoms. The summed E-state index contributed by atoms with van der Waals surface area (Å²) in [5, 5.41) is 8.45. The molecule has 0 aromatic heterocycles. The number of nitrogens with one attached hydrogen (secondary N) is 1. The van der Waals surface area contributed by atoms with Gasteiger partial charge in [0.05, 0.1) is 0 Å². The van der Waals surface area contributed by atoms with E-state index in [0.717, 1.165) is 6.54 Å². The van der Waals surface area contributed by atoms with Gasteiger partial charge >= 0.3 is 0 Å². The van der Waals surface area contributed by atoms with Crippen LogP contribution in [0.15, 0.2) is 0 Å². The van der Waals surface area contributed by atoms with Crippen molar-refractivity contribution in [3.8, 4) is 0 Å². The third kappa shape index (κ3) is 1.25. The van der Waals surface area contributed by atoms with Crippen LogP contribution in [0.25, 0.3) is 0 Å². The predicted molar refractivity (Wildman–Crippen MR) is 36.4 cm³/mol. The third-order valence-electron chi connectivity index (χ3n) is 2.62. The van der Waals surface area contributed by atoms with Crippen molar-refractivity contribution in [1.82, 2.24) is 5.48 Å². The summed E-state index contributed by atoms with van der Waals surface area (Å²) >= 11 is 0. The summed E-state index contributed by atoms with van der Waals surface area (Å²) in [6.45, 7) is 2.97. The molecule has 0 amide bonds. The van der Waals surface area contributed by atoms with Crippen LogP contribution in [0, 0.1) is 5.41 Å². The van der Waals surface area contributed by atoms with Gasteiger partial charge < -0.3 is 5.21 Å². The van der Waals surface area contributed by atoms with Crippen LogP contribution < -0.4 is 5.48 Å². The molecule has 0 saturated heterocycles. The lowest BCUT2D eigenvalue weighted by molar-refractivity contribution is 0.0525. The fourth-order valence-corrected chi connectivity index (χ4v) is 1.50. The fourth-order valence-electron chi connectivity index (χ4n) is 1.50. The first kappa shape index (κ1) is 7.03. The van der Waals surface area contributed by atoms with Crippen LogP contribution in [0.3, 0.4) is 0 Å². The molecule has 0 aromatic carbocycles. The number of hydrogen-bond donors (Lipinski definition) is 2. The van der Waals surface area contributed by atoms with Crippen LogP contribution in [-0.2, 0) is 0 Å². The van der Waals surface area contributed by atoms with Gasteiger partial charge in [-0.1, -0.05) is 13.3 Å². The Balaban J connectivity index is 2.28. The molecule has 0 radical (unpaired) electrons. The van der Waals surface area contributed by atoms with Crippen LogP contribution >= 0.6 is 0 Å². The first-order valence-corrected chi connectivity index (χ1v) is 3.70. The minimum atomic E-state index is 0.453. The van der Waals surface area contributed by atoms with Crippen molar-refractivity contribution in [2.45, 2.75) is 32.6 Å². The van der Waals surface area contributed by atoms with E-state index >= 15 is 0 Å². The van der Waals surface area contributed by atoms with Gasteiger partial charge in [0.1, 0.15) is 0 Å². The van der Waals surface area contributed by atoms with Crippen molar-refractivity contribution in [2.75, 3.05) is 6.54 Å². The number of rotatable bonds is 3. The van der Waals surface area contributed by atoms with Gasteiger partial charge in [0.25, 0.3) is 0 Å². The molecule has 0 aromatic rings. The Morgan fingerprint density at radius 1 is 1.56 bits per heavy atom. The first-order chi connectivity index (χ1) is 4.33. The van der Waals surface area contributed by atoms with Gasteiger partial charge in [-0.05, 0) is 24.7 Å². The molecule has 2 N–H and O–H groups in total. The van der Waals surface area contributed by atoms with Gasteiger partial charge in [0.15, 0.2) is 0 Å². The summed E-state index contributed by atoms with van der Waals surface area (Å²) in [6.07, 6.45) is 5.12. The molecule has 0 spiro atoms. The van der Waals surface area contributed by atoms with Crippen LogP contribution in [0.5, 0.6) is 0 Å². The second-order valence-electron chi connectivity index (χ2n) is 3.04. The third-order valence-corrected chi connectivity index (χ3v) is 2.62. The highest BCUT2D eigenvalue weighted by Gasteiger charge is 2.34. The monoisotopic (exact) mass is 129 g/mol. The van der Waals surface area contributed by atoms with Crippen LogP contribution in [0.1, 0.15) is 32.6 Å². The van der Waals surface area contributed by atoms with Crippen molar-refractivity contribution in [1.29, 1.82) is 0 Å². The van der Waals surface area contributed by atoms with Gasteiger partial charge in [0, 0.05) is 6.54 Å². The van der Waals surface area contributed by atoms with E-state index in [2.05, 4.69) is 12.4 Å². The molecule has 2 heteroatoms. The maximum atomic E-state index is 8.45. The average molecular weight is 129 g/mol. The maximum absolute atomic E-state index is 8.45. The van der Waals surface area contributed by atoms with Crippen molar-refractivity contribution in [3.05, 3.63) is 0 Å². The standard InChI is InChI=1S/C7H15NO/c1-2-7(6-8-9)4-3-5-7/h8-9H,2-6H2,1H3. The molecular formula is C7H15NO. The summed E-state index contributed by atoms with van der Waals surface area (Å²) in [4.78, 5) is 0. The zero-order valence-corrected chi connectivity index (χ0v) is 5.98. The van der Waals surface area contributed by atoms with E-state index in [9.17, 15) is 0 Å². The molecule has 54 valence electrons. The first-order valence-electron chi connectivity index (χ1n) is 3.70. The molecule has 0 unspecified atom stereocenters. The van der Waals surface area contributed by atoms with Crippen molar-refractivity contribution in [2.24, 2.45) is 5.41 Å². The normalized spacial score (nSPS) is 23.3. The second-order valence-corrected chi connectivity index (χ2v) is 3.04. The SMILES string of the molecule is CCC1(CNO)CCC1. The lowest BCUT2D eigenvalue weighted by Gasteiger charge is -2.40. The van der Waals surface area contributed by atoms with E-state index in [4.69, 9.17) is 5.21 Å². The van der Waals surface area contributed by atoms with E-state index in [1.54, 1.807) is 0 Å². The van der Waals surface area contributed by atoms with E-state index in [0.29, 0.717) is 5.41 Å². The molecule has 1 rings (SSSR count). The van der Waals surface area contributed by atoms with Gasteiger partial charge in [-0.3, -0.25) is 0 Å². The Hall–Kier alpha value is -0.0800. The molecule has 1 aliphatic carbocycles. The molecular weight excluding hydrogens is 114 g/mol. The quantitative estimate of drug-likeness (QED) is 0.566. The van der Waals surface area contributed by atoms with E-state index in [-0.39, 0.29) is 0 Å². The van der Waals surface area contributed by atoms with E-state index < -0.39 is 0 Å². The van der Waals surface area contributed by atoms with Crippen LogP contribution in [-0.4, -0.2) is 11.8 Å². The Labute approximate surface area is 56.2 Å². The highest BCUT2D eigenvalue weighted by molar-refractivity contribution is 4.87. The Bertz CT molecular complexity index is 83.4. The predicted octanol–water partition coefficient (Wildman–Crippen LogP) is 1.55. The van der Waals surface area contributed by atoms with E-state index in [1.807, 2.05) is 0 Å². The second kappa shape index (κ2) is 2.67. The maximum Gasteiger partial charge on any atom is 0.0263 e. The van der Waals surface area contributed by atoms with Crippen molar-refractivity contribution >= 4 is 0 Å². The molecule has 0 heterocycles. The molecule has 0 atom stereocenters. The average Bonchev–Trinajstić information content (AvgIpc) is 1.79. The number of hydrogen-bond acceptors (Lipinski definition) is 2. The van der Waals surface area contributed by atoms with Crippen LogP contribution in [0.4, 0.5) is 0 Å². The summed E-state index contributed by atoms with van der Waals surface area (Å²) in [6, 6.07) is 0. The topological polar surface area (TPSA) is 32.3 Å². The van der Waals surface area contributed by atoms with Crippen molar-refractivity contribution in [3.63, 3.8) is 0 Å². The summed E-state index contributed by atoms with van der Waals surface area (Å²) in [7, 11) is 0. The smallest absolute Gasteiger partial charge is 0.0263 e. The molecule has 0 aliphatic heterocycles. The Kier molecular flexibility index (Phi) is 2.09. The molecule has 1 saturated carbocycles. The number of hydroxylamine groups is 1. The summed E-state index contributed by atoms with van der Waals surface area (Å²) in [5.74, 6) is 0. The molecule has 2 nitrogen and oxygen atoms in total. The minimum Gasteiger partial charge on any atom is -0.317 e. The highest BCUT2D eigenvalue weighted by atomic mass is 16.5. The molecule has 1 aliphatic rings. The lowest BCUT2D eigenvalue weighted by Crippen LogP contribution is -2.38. The zero-order valence-electron chi connectivity index (χ0n) is 5.98. The summed E-state index contributed by atoms with van der Waals surface area (Å²) in [5.41, 5.74) is 2.71. The Morgan fingerprint density at radius 3 is 2.33 bits per heavy atom. The molecule has 9 heavy (non-hydrogen) atoms.